The van der Waals surface area contributed by atoms with E-state index in [1.54, 1.807) is 0 Å². The number of benzene rings is 2. The van der Waals surface area contributed by atoms with E-state index in [0.29, 0.717) is 9.49 Å². The Bertz CT molecular complexity index is 798. The summed E-state index contributed by atoms with van der Waals surface area (Å²) in [4.78, 5) is 7.50. The molecule has 3 aromatic rings. The molecule has 0 spiro atoms. The van der Waals surface area contributed by atoms with E-state index in [1.807, 2.05) is 61.5 Å². The number of halogens is 2. The molecule has 112 valence electrons. The van der Waals surface area contributed by atoms with Crippen LogP contribution in [0.15, 0.2) is 48.5 Å². The quantitative estimate of drug-likeness (QED) is 0.590. The lowest BCUT2D eigenvalue weighted by atomic mass is 10.1. The van der Waals surface area contributed by atoms with E-state index in [-0.39, 0.29) is 0 Å². The summed E-state index contributed by atoms with van der Waals surface area (Å²) in [6.07, 6.45) is 0. The van der Waals surface area contributed by atoms with Gasteiger partial charge in [0.25, 0.3) is 0 Å². The van der Waals surface area contributed by atoms with Gasteiger partial charge in [-0.3, -0.25) is 0 Å². The van der Waals surface area contributed by atoms with Crippen molar-refractivity contribution in [2.24, 2.45) is 0 Å². The van der Waals surface area contributed by atoms with Gasteiger partial charge in [0.2, 0.25) is 0 Å². The first kappa shape index (κ1) is 15.3. The molecule has 0 unspecified atom stereocenters. The van der Waals surface area contributed by atoms with E-state index in [4.69, 9.17) is 23.2 Å². The fourth-order valence-corrected chi connectivity index (χ4v) is 3.77. The number of nitrogens with zero attached hydrogens (tertiary/aromatic N) is 2. The van der Waals surface area contributed by atoms with Crippen LogP contribution >= 0.6 is 34.5 Å². The highest BCUT2D eigenvalue weighted by Gasteiger charge is 2.15. The normalized spacial score (nSPS) is 10.7. The number of rotatable bonds is 3. The maximum absolute atomic E-state index is 6.39. The van der Waals surface area contributed by atoms with Crippen molar-refractivity contribution in [2.45, 2.75) is 0 Å². The molecule has 0 radical (unpaired) electrons. The van der Waals surface area contributed by atoms with Gasteiger partial charge in [0.1, 0.15) is 0 Å². The molecule has 0 aliphatic rings. The van der Waals surface area contributed by atoms with Gasteiger partial charge in [-0.1, -0.05) is 59.6 Å². The van der Waals surface area contributed by atoms with Crippen LogP contribution in [0.4, 0.5) is 5.69 Å². The molecule has 1 heterocycles. The van der Waals surface area contributed by atoms with Crippen LogP contribution in [-0.4, -0.2) is 19.1 Å². The Morgan fingerprint density at radius 3 is 2.32 bits per heavy atom. The monoisotopic (exact) mass is 348 g/mol. The first-order chi connectivity index (χ1) is 10.6. The van der Waals surface area contributed by atoms with Crippen LogP contribution in [0.25, 0.3) is 21.7 Å². The molecule has 2 nitrogen and oxygen atoms in total. The summed E-state index contributed by atoms with van der Waals surface area (Å²) in [5.41, 5.74) is 3.96. The van der Waals surface area contributed by atoms with Gasteiger partial charge in [-0.25, -0.2) is 4.98 Å². The summed E-state index contributed by atoms with van der Waals surface area (Å²) in [7, 11) is 3.94. The van der Waals surface area contributed by atoms with Crippen molar-refractivity contribution in [1.82, 2.24) is 4.98 Å². The summed E-state index contributed by atoms with van der Waals surface area (Å²) < 4.78 is 0.529. The third-order valence-corrected chi connectivity index (χ3v) is 4.85. The van der Waals surface area contributed by atoms with Gasteiger partial charge in [-0.05, 0) is 17.7 Å². The minimum Gasteiger partial charge on any atom is -0.376 e. The van der Waals surface area contributed by atoms with Crippen LogP contribution in [0.3, 0.4) is 0 Å². The molecule has 0 bridgehead atoms. The van der Waals surface area contributed by atoms with Gasteiger partial charge >= 0.3 is 0 Å². The summed E-state index contributed by atoms with van der Waals surface area (Å²) in [6, 6.07) is 16.1. The van der Waals surface area contributed by atoms with Gasteiger partial charge in [-0.15, -0.1) is 11.3 Å². The van der Waals surface area contributed by atoms with Crippen LogP contribution in [0.2, 0.25) is 9.49 Å². The molecule has 0 N–H and O–H groups in total. The Labute approximate surface area is 144 Å². The summed E-state index contributed by atoms with van der Waals surface area (Å²) in [6.45, 7) is 0. The van der Waals surface area contributed by atoms with E-state index in [2.05, 4.69) is 11.1 Å². The molecule has 0 aliphatic heterocycles. The highest BCUT2D eigenvalue weighted by Crippen LogP contribution is 2.40. The van der Waals surface area contributed by atoms with E-state index in [0.717, 1.165) is 27.4 Å². The minimum absolute atomic E-state index is 0.529. The predicted octanol–water partition coefficient (Wildman–Crippen LogP) is 5.85. The molecule has 0 atom stereocenters. The lowest BCUT2D eigenvalue weighted by Crippen LogP contribution is -2.08. The van der Waals surface area contributed by atoms with Crippen molar-refractivity contribution in [1.29, 1.82) is 0 Å². The summed E-state index contributed by atoms with van der Waals surface area (Å²) in [5, 5.41) is 0.714. The van der Waals surface area contributed by atoms with Crippen molar-refractivity contribution < 1.29 is 0 Å². The molecule has 0 amide bonds. The van der Waals surface area contributed by atoms with E-state index in [1.165, 1.54) is 11.3 Å². The van der Waals surface area contributed by atoms with Crippen molar-refractivity contribution >= 4 is 40.2 Å². The fraction of sp³-hybridized carbons (Fsp3) is 0.118. The zero-order valence-electron chi connectivity index (χ0n) is 12.2. The first-order valence-corrected chi connectivity index (χ1v) is 8.32. The second-order valence-electron chi connectivity index (χ2n) is 5.07. The summed E-state index contributed by atoms with van der Waals surface area (Å²) in [5.74, 6) is 0. The van der Waals surface area contributed by atoms with Crippen molar-refractivity contribution in [3.05, 3.63) is 58.0 Å². The Morgan fingerprint density at radius 2 is 1.68 bits per heavy atom. The average Bonchev–Trinajstić information content (AvgIpc) is 2.89. The van der Waals surface area contributed by atoms with Crippen molar-refractivity contribution in [3.8, 4) is 21.7 Å². The standard InChI is InChI=1S/C17H14Cl2N2S/c1-21(2)14-9-8-12(10-13(14)18)16-15(20-17(19)22-16)11-6-4-3-5-7-11/h3-10H,1-2H3. The van der Waals surface area contributed by atoms with Crippen molar-refractivity contribution in [2.75, 3.05) is 19.0 Å². The molecule has 5 heteroatoms. The van der Waals surface area contributed by atoms with Gasteiger partial charge in [-0.2, -0.15) is 0 Å². The van der Waals surface area contributed by atoms with Gasteiger partial charge in [0, 0.05) is 19.7 Å². The molecule has 0 fully saturated rings. The van der Waals surface area contributed by atoms with Gasteiger partial charge in [0.05, 0.1) is 21.3 Å². The average molecular weight is 349 g/mol. The topological polar surface area (TPSA) is 16.1 Å². The zero-order chi connectivity index (χ0) is 15.7. The Kier molecular flexibility index (Phi) is 4.39. The van der Waals surface area contributed by atoms with Gasteiger partial charge in [0.15, 0.2) is 4.47 Å². The molecule has 2 aromatic carbocycles. The fourth-order valence-electron chi connectivity index (χ4n) is 2.29. The van der Waals surface area contributed by atoms with Crippen LogP contribution in [0.5, 0.6) is 0 Å². The molecule has 3 rings (SSSR count). The maximum atomic E-state index is 6.39. The van der Waals surface area contributed by atoms with Crippen LogP contribution in [0.1, 0.15) is 0 Å². The molecule has 0 saturated carbocycles. The SMILES string of the molecule is CN(C)c1ccc(-c2sc(Cl)nc2-c2ccccc2)cc1Cl. The molecule has 22 heavy (non-hydrogen) atoms. The third kappa shape index (κ3) is 2.98. The molecule has 0 saturated heterocycles. The predicted molar refractivity (Wildman–Crippen MR) is 97.3 cm³/mol. The van der Waals surface area contributed by atoms with E-state index < -0.39 is 0 Å². The number of hydrogen-bond acceptors (Lipinski definition) is 3. The lowest BCUT2D eigenvalue weighted by molar-refractivity contribution is 1.13. The minimum atomic E-state index is 0.529. The highest BCUT2D eigenvalue weighted by atomic mass is 35.5. The first-order valence-electron chi connectivity index (χ1n) is 6.75. The number of aromatic nitrogens is 1. The van der Waals surface area contributed by atoms with E-state index >= 15 is 0 Å². The largest absolute Gasteiger partial charge is 0.376 e. The number of anilines is 1. The second kappa shape index (κ2) is 6.29. The van der Waals surface area contributed by atoms with Crippen LogP contribution in [-0.2, 0) is 0 Å². The Balaban J connectivity index is 2.12. The molecular formula is C17H14Cl2N2S. The number of thiazole rings is 1. The molecule has 0 aliphatic carbocycles. The Morgan fingerprint density at radius 1 is 0.955 bits per heavy atom. The maximum Gasteiger partial charge on any atom is 0.184 e. The Hall–Kier alpha value is -1.55. The molecule has 1 aromatic heterocycles. The van der Waals surface area contributed by atoms with Crippen molar-refractivity contribution in [3.63, 3.8) is 0 Å². The highest BCUT2D eigenvalue weighted by molar-refractivity contribution is 7.19. The van der Waals surface area contributed by atoms with E-state index in [9.17, 15) is 0 Å². The lowest BCUT2D eigenvalue weighted by Gasteiger charge is -2.15. The van der Waals surface area contributed by atoms with Gasteiger partial charge < -0.3 is 4.90 Å². The molecular weight excluding hydrogens is 335 g/mol. The van der Waals surface area contributed by atoms with Crippen LogP contribution in [0, 0.1) is 0 Å². The van der Waals surface area contributed by atoms with Crippen LogP contribution < -0.4 is 4.90 Å². The second-order valence-corrected chi connectivity index (χ2v) is 7.06. The third-order valence-electron chi connectivity index (χ3n) is 3.34. The smallest absolute Gasteiger partial charge is 0.184 e. The number of hydrogen-bond donors (Lipinski definition) is 0. The zero-order valence-corrected chi connectivity index (χ0v) is 14.5. The summed E-state index contributed by atoms with van der Waals surface area (Å²) >= 11 is 14.0.